The summed E-state index contributed by atoms with van der Waals surface area (Å²) in [4.78, 5) is 3.92. The van der Waals surface area contributed by atoms with E-state index in [1.54, 1.807) is 18.5 Å². The monoisotopic (exact) mass is 202 g/mol. The third kappa shape index (κ3) is 2.02. The predicted molar refractivity (Wildman–Crippen MR) is 57.5 cm³/mol. The Balaban J connectivity index is 2.56. The number of nitrogens with zero attached hydrogens (tertiary/aromatic N) is 1. The number of pyridine rings is 1. The van der Waals surface area contributed by atoms with Crippen LogP contribution < -0.4 is 5.73 Å². The molecule has 3 heteroatoms. The van der Waals surface area contributed by atoms with Crippen LogP contribution in [0.4, 0.5) is 4.39 Å². The molecule has 2 rings (SSSR count). The Labute approximate surface area is 87.6 Å². The predicted octanol–water partition coefficient (Wildman–Crippen LogP) is 2.35. The van der Waals surface area contributed by atoms with Crippen LogP contribution in [0.2, 0.25) is 0 Å². The zero-order valence-electron chi connectivity index (χ0n) is 8.15. The standard InChI is InChI=1S/C12H11FN2/c13-11-2-1-10(8-14)12(7-11)9-3-5-15-6-4-9/h1-7H,8,14H2. The molecule has 0 saturated carbocycles. The molecule has 2 N–H and O–H groups in total. The summed E-state index contributed by atoms with van der Waals surface area (Å²) in [6.07, 6.45) is 3.36. The number of aromatic nitrogens is 1. The normalized spacial score (nSPS) is 10.3. The molecular weight excluding hydrogens is 191 g/mol. The summed E-state index contributed by atoms with van der Waals surface area (Å²) >= 11 is 0. The molecule has 0 aliphatic rings. The summed E-state index contributed by atoms with van der Waals surface area (Å²) in [6.45, 7) is 0.401. The molecule has 0 radical (unpaired) electrons. The smallest absolute Gasteiger partial charge is 0.123 e. The second-order valence-corrected chi connectivity index (χ2v) is 3.24. The summed E-state index contributed by atoms with van der Waals surface area (Å²) in [5, 5.41) is 0. The van der Waals surface area contributed by atoms with E-state index in [0.717, 1.165) is 16.7 Å². The van der Waals surface area contributed by atoms with E-state index in [2.05, 4.69) is 4.98 Å². The van der Waals surface area contributed by atoms with Gasteiger partial charge in [0.1, 0.15) is 5.82 Å². The van der Waals surface area contributed by atoms with Gasteiger partial charge in [-0.1, -0.05) is 6.07 Å². The van der Waals surface area contributed by atoms with Crippen molar-refractivity contribution in [2.75, 3.05) is 0 Å². The molecule has 15 heavy (non-hydrogen) atoms. The fourth-order valence-electron chi connectivity index (χ4n) is 1.53. The van der Waals surface area contributed by atoms with Gasteiger partial charge in [0.2, 0.25) is 0 Å². The highest BCUT2D eigenvalue weighted by Crippen LogP contribution is 2.23. The Hall–Kier alpha value is -1.74. The summed E-state index contributed by atoms with van der Waals surface area (Å²) in [5.74, 6) is -0.251. The highest BCUT2D eigenvalue weighted by atomic mass is 19.1. The Morgan fingerprint density at radius 1 is 1.13 bits per heavy atom. The summed E-state index contributed by atoms with van der Waals surface area (Å²) < 4.78 is 13.1. The van der Waals surface area contributed by atoms with Crippen molar-refractivity contribution >= 4 is 0 Å². The van der Waals surface area contributed by atoms with Crippen LogP contribution >= 0.6 is 0 Å². The van der Waals surface area contributed by atoms with Crippen molar-refractivity contribution in [1.82, 2.24) is 4.98 Å². The third-order valence-corrected chi connectivity index (χ3v) is 2.28. The minimum atomic E-state index is -0.251. The lowest BCUT2D eigenvalue weighted by Gasteiger charge is -2.07. The van der Waals surface area contributed by atoms with E-state index in [1.165, 1.54) is 12.1 Å². The lowest BCUT2D eigenvalue weighted by Crippen LogP contribution is -1.99. The number of hydrogen-bond acceptors (Lipinski definition) is 2. The van der Waals surface area contributed by atoms with Gasteiger partial charge in [-0.25, -0.2) is 4.39 Å². The fourth-order valence-corrected chi connectivity index (χ4v) is 1.53. The average molecular weight is 202 g/mol. The van der Waals surface area contributed by atoms with Gasteiger partial charge in [-0.3, -0.25) is 4.98 Å². The molecule has 2 aromatic rings. The maximum Gasteiger partial charge on any atom is 0.123 e. The molecule has 0 unspecified atom stereocenters. The first-order valence-corrected chi connectivity index (χ1v) is 4.70. The second kappa shape index (κ2) is 4.19. The molecule has 0 aliphatic carbocycles. The summed E-state index contributed by atoms with van der Waals surface area (Å²) in [6, 6.07) is 8.32. The van der Waals surface area contributed by atoms with Crippen molar-refractivity contribution in [3.8, 4) is 11.1 Å². The van der Waals surface area contributed by atoms with Crippen LogP contribution in [-0.4, -0.2) is 4.98 Å². The zero-order valence-corrected chi connectivity index (χ0v) is 8.15. The summed E-state index contributed by atoms with van der Waals surface area (Å²) in [7, 11) is 0. The van der Waals surface area contributed by atoms with Gasteiger partial charge in [0.05, 0.1) is 0 Å². The first kappa shape index (κ1) is 9.80. The topological polar surface area (TPSA) is 38.9 Å². The number of benzene rings is 1. The van der Waals surface area contributed by atoms with E-state index in [1.807, 2.05) is 12.1 Å². The number of hydrogen-bond donors (Lipinski definition) is 1. The Kier molecular flexibility index (Phi) is 2.74. The fraction of sp³-hybridized carbons (Fsp3) is 0.0833. The van der Waals surface area contributed by atoms with Crippen LogP contribution in [0.1, 0.15) is 5.56 Å². The molecule has 1 heterocycles. The molecule has 0 fully saturated rings. The highest BCUT2D eigenvalue weighted by Gasteiger charge is 2.04. The second-order valence-electron chi connectivity index (χ2n) is 3.24. The first-order valence-electron chi connectivity index (χ1n) is 4.70. The van der Waals surface area contributed by atoms with Crippen molar-refractivity contribution in [1.29, 1.82) is 0 Å². The minimum Gasteiger partial charge on any atom is -0.326 e. The van der Waals surface area contributed by atoms with Crippen molar-refractivity contribution in [2.24, 2.45) is 5.73 Å². The number of halogens is 1. The lowest BCUT2D eigenvalue weighted by molar-refractivity contribution is 0.627. The van der Waals surface area contributed by atoms with E-state index >= 15 is 0 Å². The molecule has 1 aromatic carbocycles. The molecule has 0 amide bonds. The van der Waals surface area contributed by atoms with Crippen molar-refractivity contribution in [2.45, 2.75) is 6.54 Å². The molecule has 0 bridgehead atoms. The molecule has 0 saturated heterocycles. The molecular formula is C12H11FN2. The van der Waals surface area contributed by atoms with Gasteiger partial charge < -0.3 is 5.73 Å². The van der Waals surface area contributed by atoms with Crippen LogP contribution in [-0.2, 0) is 6.54 Å². The van der Waals surface area contributed by atoms with Crippen molar-refractivity contribution in [3.63, 3.8) is 0 Å². The van der Waals surface area contributed by atoms with Gasteiger partial charge in [0.25, 0.3) is 0 Å². The Morgan fingerprint density at radius 2 is 1.87 bits per heavy atom. The van der Waals surface area contributed by atoms with Gasteiger partial charge in [0.15, 0.2) is 0 Å². The van der Waals surface area contributed by atoms with Gasteiger partial charge in [-0.2, -0.15) is 0 Å². The average Bonchev–Trinajstić information content (AvgIpc) is 2.30. The SMILES string of the molecule is NCc1ccc(F)cc1-c1ccncc1. The van der Waals surface area contributed by atoms with Crippen LogP contribution in [0.5, 0.6) is 0 Å². The highest BCUT2D eigenvalue weighted by molar-refractivity contribution is 5.66. The van der Waals surface area contributed by atoms with Crippen LogP contribution in [0.25, 0.3) is 11.1 Å². The van der Waals surface area contributed by atoms with E-state index in [9.17, 15) is 4.39 Å². The van der Waals surface area contributed by atoms with E-state index in [4.69, 9.17) is 5.73 Å². The maximum atomic E-state index is 13.1. The quantitative estimate of drug-likeness (QED) is 0.811. The summed E-state index contributed by atoms with van der Waals surface area (Å²) in [5.41, 5.74) is 8.30. The van der Waals surface area contributed by atoms with Gasteiger partial charge >= 0.3 is 0 Å². The van der Waals surface area contributed by atoms with Crippen LogP contribution in [0.3, 0.4) is 0 Å². The molecule has 0 aliphatic heterocycles. The van der Waals surface area contributed by atoms with Crippen LogP contribution in [0.15, 0.2) is 42.7 Å². The Morgan fingerprint density at radius 3 is 2.53 bits per heavy atom. The van der Waals surface area contributed by atoms with Crippen molar-refractivity contribution in [3.05, 3.63) is 54.1 Å². The lowest BCUT2D eigenvalue weighted by atomic mass is 10.0. The van der Waals surface area contributed by atoms with Gasteiger partial charge in [-0.15, -0.1) is 0 Å². The van der Waals surface area contributed by atoms with Gasteiger partial charge in [-0.05, 0) is 41.0 Å². The number of rotatable bonds is 2. The first-order chi connectivity index (χ1) is 7.31. The molecule has 76 valence electrons. The van der Waals surface area contributed by atoms with E-state index < -0.39 is 0 Å². The van der Waals surface area contributed by atoms with Crippen LogP contribution in [0, 0.1) is 5.82 Å². The third-order valence-electron chi connectivity index (χ3n) is 2.28. The Bertz CT molecular complexity index is 454. The van der Waals surface area contributed by atoms with Gasteiger partial charge in [0, 0.05) is 18.9 Å². The molecule has 0 atom stereocenters. The largest absolute Gasteiger partial charge is 0.326 e. The van der Waals surface area contributed by atoms with Crippen molar-refractivity contribution < 1.29 is 4.39 Å². The molecule has 2 nitrogen and oxygen atoms in total. The zero-order chi connectivity index (χ0) is 10.7. The maximum absolute atomic E-state index is 13.1. The molecule has 1 aromatic heterocycles. The van der Waals surface area contributed by atoms with E-state index in [-0.39, 0.29) is 5.82 Å². The number of nitrogens with two attached hydrogens (primary N) is 1. The van der Waals surface area contributed by atoms with E-state index in [0.29, 0.717) is 6.54 Å². The minimum absolute atomic E-state index is 0.251. The molecule has 0 spiro atoms.